The molecule has 0 radical (unpaired) electrons. The van der Waals surface area contributed by atoms with Gasteiger partial charge in [-0.25, -0.2) is 15.0 Å². The first kappa shape index (κ1) is 18.7. The standard InChI is InChI=1S/C20H28ClN5O/c1-4-15-5-6-16(15)10-25-12-22-14(3)19(25)17-9-18(24-20(21)23-17)26-7-8-27-11-13(26)2/h9,12-13,15-16H,4-8,10-11H2,1-3H3/t13-,15?,16-/m1/s1. The lowest BCUT2D eigenvalue weighted by molar-refractivity contribution is 0.0985. The molecule has 3 atom stereocenters. The molecule has 1 aliphatic carbocycles. The highest BCUT2D eigenvalue weighted by molar-refractivity contribution is 6.28. The van der Waals surface area contributed by atoms with Gasteiger partial charge >= 0.3 is 0 Å². The van der Waals surface area contributed by atoms with E-state index in [1.807, 2.05) is 19.3 Å². The monoisotopic (exact) mass is 389 g/mol. The minimum atomic E-state index is 0.267. The molecule has 1 saturated carbocycles. The van der Waals surface area contributed by atoms with Gasteiger partial charge in [0.05, 0.1) is 42.7 Å². The summed E-state index contributed by atoms with van der Waals surface area (Å²) in [6, 6.07) is 2.32. The first-order chi connectivity index (χ1) is 13.1. The number of imidazole rings is 1. The van der Waals surface area contributed by atoms with Crippen molar-refractivity contribution in [3.8, 4) is 11.4 Å². The number of hydrogen-bond donors (Lipinski definition) is 0. The Morgan fingerprint density at radius 2 is 2.07 bits per heavy atom. The SMILES string of the molecule is CCC1CC[C@@H]1Cn1cnc(C)c1-c1cc(N2CCOC[C@H]2C)nc(Cl)n1. The van der Waals surface area contributed by atoms with Crippen molar-refractivity contribution >= 4 is 17.4 Å². The number of aryl methyl sites for hydroxylation is 1. The number of anilines is 1. The molecule has 2 aromatic heterocycles. The summed E-state index contributed by atoms with van der Waals surface area (Å²) < 4.78 is 7.81. The zero-order valence-corrected chi connectivity index (χ0v) is 17.1. The van der Waals surface area contributed by atoms with Crippen molar-refractivity contribution < 1.29 is 4.74 Å². The van der Waals surface area contributed by atoms with Gasteiger partial charge in [-0.05, 0) is 50.1 Å². The molecule has 0 bridgehead atoms. The van der Waals surface area contributed by atoms with Gasteiger partial charge in [0.1, 0.15) is 5.82 Å². The second kappa shape index (κ2) is 7.76. The smallest absolute Gasteiger partial charge is 0.224 e. The highest BCUT2D eigenvalue weighted by Crippen LogP contribution is 2.39. The van der Waals surface area contributed by atoms with E-state index in [0.717, 1.165) is 47.8 Å². The average Bonchev–Trinajstić information content (AvgIpc) is 2.99. The lowest BCUT2D eigenvalue weighted by atomic mass is 9.72. The van der Waals surface area contributed by atoms with Crippen LogP contribution in [0.2, 0.25) is 5.28 Å². The fourth-order valence-electron chi connectivity index (χ4n) is 4.36. The Hall–Kier alpha value is -1.66. The topological polar surface area (TPSA) is 56.1 Å². The Morgan fingerprint density at radius 1 is 1.26 bits per heavy atom. The second-order valence-corrected chi connectivity index (χ2v) is 8.17. The molecule has 4 rings (SSSR count). The van der Waals surface area contributed by atoms with E-state index in [1.54, 1.807) is 0 Å². The minimum absolute atomic E-state index is 0.267. The molecule has 146 valence electrons. The van der Waals surface area contributed by atoms with Gasteiger partial charge < -0.3 is 14.2 Å². The van der Waals surface area contributed by atoms with Gasteiger partial charge in [-0.15, -0.1) is 0 Å². The molecular weight excluding hydrogens is 362 g/mol. The average molecular weight is 390 g/mol. The number of rotatable bonds is 5. The highest BCUT2D eigenvalue weighted by atomic mass is 35.5. The summed E-state index contributed by atoms with van der Waals surface area (Å²) in [6.45, 7) is 9.69. The predicted molar refractivity (Wildman–Crippen MR) is 107 cm³/mol. The van der Waals surface area contributed by atoms with E-state index < -0.39 is 0 Å². The maximum absolute atomic E-state index is 6.32. The summed E-state index contributed by atoms with van der Waals surface area (Å²) in [6.07, 6.45) is 5.85. The lowest BCUT2D eigenvalue weighted by Gasteiger charge is -2.36. The molecule has 1 saturated heterocycles. The van der Waals surface area contributed by atoms with E-state index in [1.165, 1.54) is 19.3 Å². The van der Waals surface area contributed by atoms with Crippen molar-refractivity contribution in [1.29, 1.82) is 0 Å². The van der Waals surface area contributed by atoms with Crippen molar-refractivity contribution in [1.82, 2.24) is 19.5 Å². The van der Waals surface area contributed by atoms with E-state index >= 15 is 0 Å². The molecule has 2 aliphatic rings. The van der Waals surface area contributed by atoms with Gasteiger partial charge in [-0.3, -0.25) is 0 Å². The minimum Gasteiger partial charge on any atom is -0.377 e. The van der Waals surface area contributed by atoms with Crippen LogP contribution in [0, 0.1) is 18.8 Å². The summed E-state index contributed by atoms with van der Waals surface area (Å²) in [5, 5.41) is 0.281. The number of nitrogens with zero attached hydrogens (tertiary/aromatic N) is 5. The maximum Gasteiger partial charge on any atom is 0.224 e. The second-order valence-electron chi connectivity index (χ2n) is 7.83. The van der Waals surface area contributed by atoms with Gasteiger partial charge in [0.2, 0.25) is 5.28 Å². The molecule has 2 aromatic rings. The molecule has 3 heterocycles. The molecular formula is C20H28ClN5O. The first-order valence-corrected chi connectivity index (χ1v) is 10.4. The Labute approximate surface area is 165 Å². The van der Waals surface area contributed by atoms with Crippen LogP contribution in [0.15, 0.2) is 12.4 Å². The Morgan fingerprint density at radius 3 is 2.78 bits per heavy atom. The van der Waals surface area contributed by atoms with Crippen molar-refractivity contribution in [2.45, 2.75) is 52.6 Å². The predicted octanol–water partition coefficient (Wildman–Crippen LogP) is 3.96. The van der Waals surface area contributed by atoms with Gasteiger partial charge in [-0.2, -0.15) is 0 Å². The van der Waals surface area contributed by atoms with Crippen molar-refractivity contribution in [3.05, 3.63) is 23.4 Å². The van der Waals surface area contributed by atoms with Crippen LogP contribution in [0.4, 0.5) is 5.82 Å². The molecule has 27 heavy (non-hydrogen) atoms. The van der Waals surface area contributed by atoms with Crippen LogP contribution >= 0.6 is 11.6 Å². The van der Waals surface area contributed by atoms with Crippen LogP contribution < -0.4 is 4.90 Å². The first-order valence-electron chi connectivity index (χ1n) is 9.98. The third-order valence-corrected chi connectivity index (χ3v) is 6.31. The Bertz CT molecular complexity index is 806. The fraction of sp³-hybridized carbons (Fsp3) is 0.650. The molecule has 6 nitrogen and oxygen atoms in total. The van der Waals surface area contributed by atoms with Crippen molar-refractivity contribution in [3.63, 3.8) is 0 Å². The largest absolute Gasteiger partial charge is 0.377 e. The number of ether oxygens (including phenoxy) is 1. The Kier molecular flexibility index (Phi) is 5.37. The number of morpholine rings is 1. The lowest BCUT2D eigenvalue weighted by Crippen LogP contribution is -2.44. The van der Waals surface area contributed by atoms with Crippen LogP contribution in [-0.4, -0.2) is 45.3 Å². The quantitative estimate of drug-likeness (QED) is 0.724. The number of aromatic nitrogens is 4. The van der Waals surface area contributed by atoms with Gasteiger partial charge in [0.25, 0.3) is 0 Å². The summed E-state index contributed by atoms with van der Waals surface area (Å²) in [5.41, 5.74) is 2.90. The summed E-state index contributed by atoms with van der Waals surface area (Å²) in [5.74, 6) is 2.43. The molecule has 1 aliphatic heterocycles. The molecule has 1 unspecified atom stereocenters. The number of halogens is 1. The summed E-state index contributed by atoms with van der Waals surface area (Å²) >= 11 is 6.32. The van der Waals surface area contributed by atoms with Gasteiger partial charge in [0.15, 0.2) is 0 Å². The fourth-order valence-corrected chi connectivity index (χ4v) is 4.54. The zero-order valence-electron chi connectivity index (χ0n) is 16.4. The molecule has 0 aromatic carbocycles. The van der Waals surface area contributed by atoms with E-state index in [-0.39, 0.29) is 11.3 Å². The van der Waals surface area contributed by atoms with Gasteiger partial charge in [0, 0.05) is 19.2 Å². The third-order valence-electron chi connectivity index (χ3n) is 6.14. The van der Waals surface area contributed by atoms with Crippen LogP contribution in [0.25, 0.3) is 11.4 Å². The van der Waals surface area contributed by atoms with Gasteiger partial charge in [-0.1, -0.05) is 13.3 Å². The molecule has 2 fully saturated rings. The van der Waals surface area contributed by atoms with Crippen LogP contribution in [0.3, 0.4) is 0 Å². The molecule has 0 amide bonds. The normalized spacial score (nSPS) is 25.5. The van der Waals surface area contributed by atoms with E-state index in [2.05, 4.69) is 38.3 Å². The number of hydrogen-bond acceptors (Lipinski definition) is 5. The Balaban J connectivity index is 1.66. The summed E-state index contributed by atoms with van der Waals surface area (Å²) in [7, 11) is 0. The van der Waals surface area contributed by atoms with E-state index in [4.69, 9.17) is 16.3 Å². The van der Waals surface area contributed by atoms with Crippen LogP contribution in [0.5, 0.6) is 0 Å². The summed E-state index contributed by atoms with van der Waals surface area (Å²) in [4.78, 5) is 15.8. The van der Waals surface area contributed by atoms with Crippen LogP contribution in [-0.2, 0) is 11.3 Å². The van der Waals surface area contributed by atoms with E-state index in [9.17, 15) is 0 Å². The van der Waals surface area contributed by atoms with Crippen molar-refractivity contribution in [2.75, 3.05) is 24.7 Å². The third kappa shape index (κ3) is 3.69. The van der Waals surface area contributed by atoms with E-state index in [0.29, 0.717) is 13.2 Å². The van der Waals surface area contributed by atoms with Crippen molar-refractivity contribution in [2.24, 2.45) is 11.8 Å². The highest BCUT2D eigenvalue weighted by Gasteiger charge is 2.30. The molecule has 0 N–H and O–H groups in total. The molecule has 7 heteroatoms. The zero-order chi connectivity index (χ0) is 19.0. The van der Waals surface area contributed by atoms with Crippen LogP contribution in [0.1, 0.15) is 38.8 Å². The maximum atomic E-state index is 6.32. The molecule has 0 spiro atoms.